The van der Waals surface area contributed by atoms with Gasteiger partial charge in [-0.2, -0.15) is 0 Å². The van der Waals surface area contributed by atoms with Crippen LogP contribution in [0.1, 0.15) is 105 Å². The molecule has 0 aliphatic rings. The Kier molecular flexibility index (Phi) is 15.3. The van der Waals surface area contributed by atoms with Crippen molar-refractivity contribution in [1.82, 2.24) is 0 Å². The first kappa shape index (κ1) is 29.1. The van der Waals surface area contributed by atoms with Gasteiger partial charge in [0, 0.05) is 13.0 Å². The summed E-state index contributed by atoms with van der Waals surface area (Å²) in [4.78, 5) is 24.6. The summed E-state index contributed by atoms with van der Waals surface area (Å²) >= 11 is 0. The SMILES string of the molecule is CCCCCCCCCCC/C=C(/C(=O)CCCO[Si](C)(C)C(C)(C)C)C(=O)OC. The summed E-state index contributed by atoms with van der Waals surface area (Å²) in [6.07, 6.45) is 14.8. The number of allylic oxidation sites excluding steroid dienone is 1. The second-order valence-electron chi connectivity index (χ2n) is 9.86. The third-order valence-electron chi connectivity index (χ3n) is 6.18. The molecule has 0 amide bonds. The molecule has 0 spiro atoms. The minimum absolute atomic E-state index is 0.128. The van der Waals surface area contributed by atoms with Crippen LogP contribution in [-0.2, 0) is 18.8 Å². The van der Waals surface area contributed by atoms with Crippen molar-refractivity contribution in [3.05, 3.63) is 11.6 Å². The van der Waals surface area contributed by atoms with Crippen LogP contribution in [0.3, 0.4) is 0 Å². The molecule has 0 atom stereocenters. The number of methoxy groups -OCH3 is 1. The number of hydrogen-bond donors (Lipinski definition) is 0. The van der Waals surface area contributed by atoms with E-state index in [-0.39, 0.29) is 16.4 Å². The number of ketones is 1. The van der Waals surface area contributed by atoms with E-state index in [1.165, 1.54) is 52.1 Å². The van der Waals surface area contributed by atoms with Crippen molar-refractivity contribution in [3.63, 3.8) is 0 Å². The van der Waals surface area contributed by atoms with Crippen LogP contribution in [0.4, 0.5) is 0 Å². The Labute approximate surface area is 187 Å². The molecule has 4 nitrogen and oxygen atoms in total. The largest absolute Gasteiger partial charge is 0.465 e. The molecule has 0 aliphatic heterocycles. The van der Waals surface area contributed by atoms with Crippen molar-refractivity contribution in [2.75, 3.05) is 13.7 Å². The van der Waals surface area contributed by atoms with Gasteiger partial charge in [0.25, 0.3) is 0 Å². The topological polar surface area (TPSA) is 52.6 Å². The first-order valence-corrected chi connectivity index (χ1v) is 14.9. The number of rotatable bonds is 17. The third-order valence-corrected chi connectivity index (χ3v) is 10.7. The van der Waals surface area contributed by atoms with Crippen molar-refractivity contribution in [2.45, 2.75) is 123 Å². The van der Waals surface area contributed by atoms with E-state index < -0.39 is 14.3 Å². The quantitative estimate of drug-likeness (QED) is 0.0591. The molecular formula is C25H48O4Si. The van der Waals surface area contributed by atoms with Gasteiger partial charge in [0.2, 0.25) is 0 Å². The van der Waals surface area contributed by atoms with Crippen molar-refractivity contribution < 1.29 is 18.8 Å². The highest BCUT2D eigenvalue weighted by atomic mass is 28.4. The summed E-state index contributed by atoms with van der Waals surface area (Å²) in [7, 11) is -0.461. The number of ether oxygens (including phenoxy) is 1. The molecular weight excluding hydrogens is 392 g/mol. The lowest BCUT2D eigenvalue weighted by molar-refractivity contribution is -0.137. The van der Waals surface area contributed by atoms with Gasteiger partial charge >= 0.3 is 5.97 Å². The van der Waals surface area contributed by atoms with Gasteiger partial charge in [-0.25, -0.2) is 4.79 Å². The summed E-state index contributed by atoms with van der Waals surface area (Å²) in [6, 6.07) is 0. The van der Waals surface area contributed by atoms with Crippen LogP contribution in [0, 0.1) is 0 Å². The van der Waals surface area contributed by atoms with Gasteiger partial charge in [-0.3, -0.25) is 4.79 Å². The van der Waals surface area contributed by atoms with Crippen molar-refractivity contribution in [1.29, 1.82) is 0 Å². The van der Waals surface area contributed by atoms with Gasteiger partial charge in [-0.15, -0.1) is 0 Å². The average Bonchev–Trinajstić information content (AvgIpc) is 2.68. The first-order valence-electron chi connectivity index (χ1n) is 12.0. The standard InChI is InChI=1S/C25H48O4Si/c1-8-9-10-11-12-13-14-15-16-17-19-22(24(27)28-5)23(26)20-18-21-29-30(6,7)25(2,3)4/h19H,8-18,20-21H2,1-7H3/b22-19-. The molecule has 0 N–H and O–H groups in total. The van der Waals surface area contributed by atoms with Gasteiger partial charge in [0.15, 0.2) is 14.1 Å². The number of carbonyl (C=O) groups is 2. The van der Waals surface area contributed by atoms with Crippen LogP contribution < -0.4 is 0 Å². The van der Waals surface area contributed by atoms with E-state index in [2.05, 4.69) is 40.8 Å². The van der Waals surface area contributed by atoms with Crippen LogP contribution in [-0.4, -0.2) is 33.8 Å². The molecule has 0 saturated carbocycles. The Morgan fingerprint density at radius 3 is 1.90 bits per heavy atom. The van der Waals surface area contributed by atoms with Crippen LogP contribution in [0.2, 0.25) is 18.1 Å². The fourth-order valence-electron chi connectivity index (χ4n) is 3.03. The minimum Gasteiger partial charge on any atom is -0.465 e. The molecule has 5 heteroatoms. The number of unbranched alkanes of at least 4 members (excludes halogenated alkanes) is 9. The summed E-state index contributed by atoms with van der Waals surface area (Å²) < 4.78 is 11.0. The van der Waals surface area contributed by atoms with Gasteiger partial charge < -0.3 is 9.16 Å². The predicted octanol–water partition coefficient (Wildman–Crippen LogP) is 7.38. The molecule has 0 aromatic carbocycles. The molecule has 0 bridgehead atoms. The highest BCUT2D eigenvalue weighted by Crippen LogP contribution is 2.36. The third kappa shape index (κ3) is 12.7. The van der Waals surface area contributed by atoms with Crippen molar-refractivity contribution in [3.8, 4) is 0 Å². The second-order valence-corrected chi connectivity index (χ2v) is 14.7. The Balaban J connectivity index is 4.27. The number of Topliss-reactive ketones (excluding diaryl/α,β-unsaturated/α-hetero) is 1. The average molecular weight is 441 g/mol. The molecule has 0 unspecified atom stereocenters. The maximum atomic E-state index is 12.5. The van der Waals surface area contributed by atoms with Crippen molar-refractivity contribution >= 4 is 20.1 Å². The zero-order chi connectivity index (χ0) is 23.0. The number of hydrogen-bond acceptors (Lipinski definition) is 4. The Hall–Kier alpha value is -0.943. The van der Waals surface area contributed by atoms with E-state index in [1.807, 2.05) is 0 Å². The smallest absolute Gasteiger partial charge is 0.341 e. The lowest BCUT2D eigenvalue weighted by atomic mass is 10.0. The number of esters is 1. The van der Waals surface area contributed by atoms with Crippen LogP contribution in [0.25, 0.3) is 0 Å². The lowest BCUT2D eigenvalue weighted by Crippen LogP contribution is -2.41. The Bertz CT molecular complexity index is 518. The molecule has 176 valence electrons. The fraction of sp³-hybridized carbons (Fsp3) is 0.840. The molecule has 0 aliphatic carbocycles. The summed E-state index contributed by atoms with van der Waals surface area (Å²) in [6.45, 7) is 13.8. The van der Waals surface area contributed by atoms with Crippen LogP contribution in [0.15, 0.2) is 11.6 Å². The summed E-state index contributed by atoms with van der Waals surface area (Å²) in [5.74, 6) is -0.641. The number of carbonyl (C=O) groups excluding carboxylic acids is 2. The van der Waals surface area contributed by atoms with E-state index in [0.29, 0.717) is 19.4 Å². The van der Waals surface area contributed by atoms with Gasteiger partial charge in [0.1, 0.15) is 0 Å². The van der Waals surface area contributed by atoms with Crippen LogP contribution in [0.5, 0.6) is 0 Å². The second kappa shape index (κ2) is 15.8. The molecule has 0 saturated heterocycles. The molecule has 0 rings (SSSR count). The van der Waals surface area contributed by atoms with Crippen molar-refractivity contribution in [2.24, 2.45) is 0 Å². The molecule has 0 heterocycles. The van der Waals surface area contributed by atoms with E-state index in [0.717, 1.165) is 19.3 Å². The molecule has 30 heavy (non-hydrogen) atoms. The van der Waals surface area contributed by atoms with E-state index in [1.54, 1.807) is 6.08 Å². The molecule has 0 radical (unpaired) electrons. The molecule has 0 aromatic heterocycles. The van der Waals surface area contributed by atoms with E-state index in [9.17, 15) is 9.59 Å². The van der Waals surface area contributed by atoms with Gasteiger partial charge in [-0.05, 0) is 37.4 Å². The normalized spacial score (nSPS) is 12.8. The zero-order valence-electron chi connectivity index (χ0n) is 20.9. The maximum absolute atomic E-state index is 12.5. The highest BCUT2D eigenvalue weighted by Gasteiger charge is 2.36. The highest BCUT2D eigenvalue weighted by molar-refractivity contribution is 6.74. The van der Waals surface area contributed by atoms with Gasteiger partial charge in [-0.1, -0.05) is 85.1 Å². The minimum atomic E-state index is -1.80. The fourth-order valence-corrected chi connectivity index (χ4v) is 4.12. The Morgan fingerprint density at radius 2 is 1.40 bits per heavy atom. The van der Waals surface area contributed by atoms with Gasteiger partial charge in [0.05, 0.1) is 12.7 Å². The monoisotopic (exact) mass is 440 g/mol. The van der Waals surface area contributed by atoms with E-state index in [4.69, 9.17) is 9.16 Å². The summed E-state index contributed by atoms with van der Waals surface area (Å²) in [5.41, 5.74) is 0.212. The lowest BCUT2D eigenvalue weighted by Gasteiger charge is -2.36. The molecule has 0 aromatic rings. The maximum Gasteiger partial charge on any atom is 0.341 e. The zero-order valence-corrected chi connectivity index (χ0v) is 21.9. The summed E-state index contributed by atoms with van der Waals surface area (Å²) in [5, 5.41) is 0.156. The van der Waals surface area contributed by atoms with E-state index >= 15 is 0 Å². The van der Waals surface area contributed by atoms with Crippen LogP contribution >= 0.6 is 0 Å². The molecule has 0 fully saturated rings. The first-order chi connectivity index (χ1) is 14.1. The Morgan fingerprint density at radius 1 is 0.867 bits per heavy atom. The predicted molar refractivity (Wildman–Crippen MR) is 129 cm³/mol.